The molecule has 0 heterocycles. The van der Waals surface area contributed by atoms with Crippen LogP contribution in [0.4, 0.5) is 5.69 Å². The zero-order valence-electron chi connectivity index (χ0n) is 16.0. The van der Waals surface area contributed by atoms with Crippen LogP contribution in [0.2, 0.25) is 0 Å². The summed E-state index contributed by atoms with van der Waals surface area (Å²) >= 11 is 0. The Kier molecular flexibility index (Phi) is 8.02. The fourth-order valence-corrected chi connectivity index (χ4v) is 2.39. The van der Waals surface area contributed by atoms with Gasteiger partial charge >= 0.3 is 0 Å². The van der Waals surface area contributed by atoms with Crippen molar-refractivity contribution < 1.29 is 19.1 Å². The highest BCUT2D eigenvalue weighted by molar-refractivity contribution is 6.06. The smallest absolute Gasteiger partial charge is 0.259 e. The fraction of sp³-hybridized carbons (Fsp3) is 0.286. The minimum Gasteiger partial charge on any atom is -0.483 e. The molecule has 0 unspecified atom stereocenters. The number of hydrogen-bond acceptors (Lipinski definition) is 4. The van der Waals surface area contributed by atoms with Gasteiger partial charge in [-0.1, -0.05) is 37.3 Å². The lowest BCUT2D eigenvalue weighted by molar-refractivity contribution is -0.129. The molecule has 7 nitrogen and oxygen atoms in total. The van der Waals surface area contributed by atoms with Crippen molar-refractivity contribution in [1.82, 2.24) is 10.6 Å². The average Bonchev–Trinajstić information content (AvgIpc) is 2.71. The molecule has 0 aromatic heterocycles. The Morgan fingerprint density at radius 1 is 1.00 bits per heavy atom. The first-order valence-corrected chi connectivity index (χ1v) is 9.16. The second-order valence-corrected chi connectivity index (χ2v) is 6.19. The molecule has 7 heteroatoms. The van der Waals surface area contributed by atoms with Gasteiger partial charge in [0.15, 0.2) is 6.61 Å². The Balaban J connectivity index is 1.93. The molecule has 0 bridgehead atoms. The lowest BCUT2D eigenvalue weighted by atomic mass is 10.2. The van der Waals surface area contributed by atoms with E-state index in [0.717, 1.165) is 6.42 Å². The summed E-state index contributed by atoms with van der Waals surface area (Å²) in [5.74, 6) is -0.751. The van der Waals surface area contributed by atoms with Crippen LogP contribution >= 0.6 is 0 Å². The summed E-state index contributed by atoms with van der Waals surface area (Å²) in [6.45, 7) is 3.80. The van der Waals surface area contributed by atoms with Crippen LogP contribution in [0.3, 0.4) is 0 Å². The Labute approximate surface area is 164 Å². The van der Waals surface area contributed by atoms with E-state index in [1.165, 1.54) is 0 Å². The second kappa shape index (κ2) is 10.7. The molecule has 2 aromatic carbocycles. The number of anilines is 1. The van der Waals surface area contributed by atoms with Crippen LogP contribution in [0.1, 0.15) is 30.6 Å². The molecule has 0 radical (unpaired) electrons. The minimum absolute atomic E-state index is 0.252. The van der Waals surface area contributed by atoms with Gasteiger partial charge in [0, 0.05) is 12.2 Å². The number of para-hydroxylation sites is 2. The van der Waals surface area contributed by atoms with Crippen molar-refractivity contribution in [2.45, 2.75) is 26.3 Å². The van der Waals surface area contributed by atoms with Crippen LogP contribution < -0.4 is 20.7 Å². The monoisotopic (exact) mass is 383 g/mol. The molecule has 3 N–H and O–H groups in total. The first kappa shape index (κ1) is 21.0. The first-order chi connectivity index (χ1) is 13.5. The lowest BCUT2D eigenvalue weighted by Crippen LogP contribution is -2.46. The maximum atomic E-state index is 12.5. The highest BCUT2D eigenvalue weighted by Crippen LogP contribution is 2.19. The number of carbonyl (C=O) groups excluding carboxylic acids is 3. The standard InChI is InChI=1S/C21H25N3O4/c1-3-13-22-20(26)15(2)23-19(25)14-28-18-12-8-7-11-17(18)21(27)24-16-9-5-4-6-10-16/h4-12,15H,3,13-14H2,1-2H3,(H,22,26)(H,23,25)(H,24,27)/t15-/m0/s1. The lowest BCUT2D eigenvalue weighted by Gasteiger charge is -2.15. The molecule has 0 saturated heterocycles. The zero-order valence-corrected chi connectivity index (χ0v) is 16.0. The highest BCUT2D eigenvalue weighted by atomic mass is 16.5. The van der Waals surface area contributed by atoms with Gasteiger partial charge in [0.25, 0.3) is 11.8 Å². The minimum atomic E-state index is -0.667. The fourth-order valence-electron chi connectivity index (χ4n) is 2.39. The van der Waals surface area contributed by atoms with Gasteiger partial charge in [0.1, 0.15) is 11.8 Å². The molecule has 148 valence electrons. The van der Waals surface area contributed by atoms with Crippen LogP contribution in [-0.4, -0.2) is 36.9 Å². The Morgan fingerprint density at radius 2 is 1.68 bits per heavy atom. The van der Waals surface area contributed by atoms with Gasteiger partial charge in [-0.05, 0) is 37.6 Å². The molecular formula is C21H25N3O4. The van der Waals surface area contributed by atoms with Crippen molar-refractivity contribution in [3.63, 3.8) is 0 Å². The summed E-state index contributed by atoms with van der Waals surface area (Å²) < 4.78 is 5.51. The van der Waals surface area contributed by atoms with E-state index in [2.05, 4.69) is 16.0 Å². The van der Waals surface area contributed by atoms with E-state index >= 15 is 0 Å². The van der Waals surface area contributed by atoms with Crippen LogP contribution in [0, 0.1) is 0 Å². The maximum Gasteiger partial charge on any atom is 0.259 e. The third-order valence-corrected chi connectivity index (χ3v) is 3.84. The zero-order chi connectivity index (χ0) is 20.4. The van der Waals surface area contributed by atoms with E-state index in [4.69, 9.17) is 4.74 Å². The normalized spacial score (nSPS) is 11.2. The summed E-state index contributed by atoms with van der Waals surface area (Å²) in [6, 6.07) is 15.0. The second-order valence-electron chi connectivity index (χ2n) is 6.19. The number of ether oxygens (including phenoxy) is 1. The van der Waals surface area contributed by atoms with Crippen molar-refractivity contribution in [3.05, 3.63) is 60.2 Å². The van der Waals surface area contributed by atoms with Crippen LogP contribution in [0.25, 0.3) is 0 Å². The van der Waals surface area contributed by atoms with Crippen LogP contribution in [-0.2, 0) is 9.59 Å². The molecule has 0 aliphatic heterocycles. The predicted molar refractivity (Wildman–Crippen MR) is 107 cm³/mol. The number of hydrogen-bond donors (Lipinski definition) is 3. The maximum absolute atomic E-state index is 12.5. The molecule has 1 atom stereocenters. The average molecular weight is 383 g/mol. The van der Waals surface area contributed by atoms with Crippen molar-refractivity contribution in [2.24, 2.45) is 0 Å². The molecular weight excluding hydrogens is 358 g/mol. The summed E-state index contributed by atoms with van der Waals surface area (Å²) in [7, 11) is 0. The molecule has 0 saturated carbocycles. The Bertz CT molecular complexity index is 808. The highest BCUT2D eigenvalue weighted by Gasteiger charge is 2.17. The quantitative estimate of drug-likeness (QED) is 0.619. The third-order valence-electron chi connectivity index (χ3n) is 3.84. The van der Waals surface area contributed by atoms with E-state index in [1.807, 2.05) is 25.1 Å². The van der Waals surface area contributed by atoms with Gasteiger partial charge < -0.3 is 20.7 Å². The molecule has 0 aliphatic rings. The van der Waals surface area contributed by atoms with E-state index in [-0.39, 0.29) is 24.2 Å². The molecule has 0 aliphatic carbocycles. The van der Waals surface area contributed by atoms with Gasteiger partial charge in [-0.25, -0.2) is 0 Å². The summed E-state index contributed by atoms with van der Waals surface area (Å²) in [5.41, 5.74) is 0.972. The van der Waals surface area contributed by atoms with Crippen molar-refractivity contribution in [2.75, 3.05) is 18.5 Å². The third kappa shape index (κ3) is 6.42. The van der Waals surface area contributed by atoms with Crippen molar-refractivity contribution in [1.29, 1.82) is 0 Å². The number of benzene rings is 2. The SMILES string of the molecule is CCCNC(=O)[C@H](C)NC(=O)COc1ccccc1C(=O)Nc1ccccc1. The molecule has 0 spiro atoms. The van der Waals surface area contributed by atoms with Gasteiger partial charge in [0.05, 0.1) is 5.56 Å². The van der Waals surface area contributed by atoms with E-state index in [0.29, 0.717) is 17.8 Å². The number of carbonyl (C=O) groups is 3. The number of amides is 3. The molecule has 0 fully saturated rings. The largest absolute Gasteiger partial charge is 0.483 e. The van der Waals surface area contributed by atoms with Crippen LogP contribution in [0.15, 0.2) is 54.6 Å². The van der Waals surface area contributed by atoms with Crippen LogP contribution in [0.5, 0.6) is 5.75 Å². The number of nitrogens with one attached hydrogen (secondary N) is 3. The summed E-state index contributed by atoms with van der Waals surface area (Å²) in [4.78, 5) is 36.4. The summed E-state index contributed by atoms with van der Waals surface area (Å²) in [5, 5.41) is 8.06. The van der Waals surface area contributed by atoms with E-state index < -0.39 is 11.9 Å². The van der Waals surface area contributed by atoms with Gasteiger partial charge in [-0.15, -0.1) is 0 Å². The first-order valence-electron chi connectivity index (χ1n) is 9.16. The Morgan fingerprint density at radius 3 is 2.39 bits per heavy atom. The predicted octanol–water partition coefficient (Wildman–Crippen LogP) is 2.35. The summed E-state index contributed by atoms with van der Waals surface area (Å²) in [6.07, 6.45) is 0.817. The van der Waals surface area contributed by atoms with Gasteiger partial charge in [-0.2, -0.15) is 0 Å². The van der Waals surface area contributed by atoms with Crippen molar-refractivity contribution >= 4 is 23.4 Å². The van der Waals surface area contributed by atoms with E-state index in [1.54, 1.807) is 43.3 Å². The topological polar surface area (TPSA) is 96.5 Å². The van der Waals surface area contributed by atoms with Gasteiger partial charge in [0.2, 0.25) is 5.91 Å². The molecule has 2 rings (SSSR count). The van der Waals surface area contributed by atoms with Gasteiger partial charge in [-0.3, -0.25) is 14.4 Å². The number of rotatable bonds is 9. The van der Waals surface area contributed by atoms with Crippen molar-refractivity contribution in [3.8, 4) is 5.75 Å². The Hall–Kier alpha value is -3.35. The molecule has 3 amide bonds. The van der Waals surface area contributed by atoms with E-state index in [9.17, 15) is 14.4 Å². The molecule has 28 heavy (non-hydrogen) atoms. The molecule has 2 aromatic rings.